The van der Waals surface area contributed by atoms with Gasteiger partial charge in [-0.05, 0) is 30.3 Å². The van der Waals surface area contributed by atoms with Crippen molar-refractivity contribution in [3.05, 3.63) is 101 Å². The van der Waals surface area contributed by atoms with Crippen LogP contribution < -0.4 is 4.90 Å². The first kappa shape index (κ1) is 15.5. The maximum Gasteiger partial charge on any atom is 0.256 e. The second-order valence-electron chi connectivity index (χ2n) is 6.67. The smallest absolute Gasteiger partial charge is 0.256 e. The summed E-state index contributed by atoms with van der Waals surface area (Å²) >= 11 is 6.15. The molecule has 1 amide bonds. The summed E-state index contributed by atoms with van der Waals surface area (Å²) in [6.45, 7) is 1.47. The summed E-state index contributed by atoms with van der Waals surface area (Å²) < 4.78 is 0. The predicted molar refractivity (Wildman–Crippen MR) is 103 cm³/mol. The highest BCUT2D eigenvalue weighted by Gasteiger charge is 2.58. The Bertz CT molecular complexity index is 987. The molecule has 0 radical (unpaired) electrons. The molecule has 0 bridgehead atoms. The molecule has 0 aromatic heterocycles. The molecular formula is C22H17ClN2O. The quantitative estimate of drug-likeness (QED) is 0.671. The highest BCUT2D eigenvalue weighted by Crippen LogP contribution is 2.51. The maximum absolute atomic E-state index is 13.2. The molecule has 2 aliphatic rings. The summed E-state index contributed by atoms with van der Waals surface area (Å²) in [5, 5.41) is 0.693. The molecule has 3 nitrogen and oxygen atoms in total. The molecule has 0 aliphatic carbocycles. The fourth-order valence-electron chi connectivity index (χ4n) is 4.40. The first-order valence-electron chi connectivity index (χ1n) is 8.73. The van der Waals surface area contributed by atoms with Crippen molar-refractivity contribution in [2.24, 2.45) is 0 Å². The molecule has 5 rings (SSSR count). The SMILES string of the molecule is O=C1c2ccccc2C2(c3ccc(Cl)cc3)N1CCN2c1ccccc1. The number of rotatable bonds is 2. The van der Waals surface area contributed by atoms with Crippen molar-refractivity contribution in [3.8, 4) is 0 Å². The molecule has 2 aliphatic heterocycles. The summed E-state index contributed by atoms with van der Waals surface area (Å²) in [6.07, 6.45) is 0. The minimum atomic E-state index is -0.625. The average Bonchev–Trinajstić information content (AvgIpc) is 3.19. The Morgan fingerprint density at radius 2 is 1.42 bits per heavy atom. The van der Waals surface area contributed by atoms with E-state index in [1.54, 1.807) is 0 Å². The van der Waals surface area contributed by atoms with E-state index in [1.165, 1.54) is 0 Å². The Kier molecular flexibility index (Phi) is 3.34. The van der Waals surface area contributed by atoms with Gasteiger partial charge in [0, 0.05) is 40.5 Å². The molecule has 4 heteroatoms. The second kappa shape index (κ2) is 5.61. The zero-order valence-corrected chi connectivity index (χ0v) is 14.9. The summed E-state index contributed by atoms with van der Waals surface area (Å²) in [5.74, 6) is 0.0916. The van der Waals surface area contributed by atoms with Gasteiger partial charge >= 0.3 is 0 Å². The molecule has 0 saturated carbocycles. The van der Waals surface area contributed by atoms with Crippen molar-refractivity contribution in [1.82, 2.24) is 4.90 Å². The molecule has 3 aromatic rings. The van der Waals surface area contributed by atoms with E-state index in [1.807, 2.05) is 65.6 Å². The Balaban J connectivity index is 1.82. The fraction of sp³-hybridized carbons (Fsp3) is 0.136. The van der Waals surface area contributed by atoms with E-state index in [4.69, 9.17) is 11.6 Å². The number of hydrogen-bond acceptors (Lipinski definition) is 2. The molecule has 1 fully saturated rings. The van der Waals surface area contributed by atoms with Crippen molar-refractivity contribution >= 4 is 23.2 Å². The number of anilines is 1. The van der Waals surface area contributed by atoms with Gasteiger partial charge in [0.15, 0.2) is 5.66 Å². The lowest BCUT2D eigenvalue weighted by atomic mass is 9.89. The number of carbonyl (C=O) groups excluding carboxylic acids is 1. The van der Waals surface area contributed by atoms with Crippen LogP contribution in [0.4, 0.5) is 5.69 Å². The number of benzene rings is 3. The topological polar surface area (TPSA) is 23.6 Å². The molecule has 1 atom stereocenters. The van der Waals surface area contributed by atoms with Gasteiger partial charge in [-0.2, -0.15) is 0 Å². The van der Waals surface area contributed by atoms with Gasteiger partial charge < -0.3 is 9.80 Å². The van der Waals surface area contributed by atoms with Crippen molar-refractivity contribution in [1.29, 1.82) is 0 Å². The maximum atomic E-state index is 13.2. The second-order valence-corrected chi connectivity index (χ2v) is 7.11. The van der Waals surface area contributed by atoms with Gasteiger partial charge in [-0.15, -0.1) is 0 Å². The summed E-state index contributed by atoms with van der Waals surface area (Å²) in [4.78, 5) is 17.5. The third-order valence-corrected chi connectivity index (χ3v) is 5.67. The molecule has 0 spiro atoms. The lowest BCUT2D eigenvalue weighted by Gasteiger charge is -2.41. The summed E-state index contributed by atoms with van der Waals surface area (Å²) in [5.41, 5.74) is 3.35. The van der Waals surface area contributed by atoms with Gasteiger partial charge in [0.1, 0.15) is 0 Å². The normalized spacial score (nSPS) is 21.0. The molecule has 2 heterocycles. The van der Waals surface area contributed by atoms with Crippen LogP contribution in [0.15, 0.2) is 78.9 Å². The van der Waals surface area contributed by atoms with Crippen LogP contribution in [0, 0.1) is 0 Å². The number of para-hydroxylation sites is 1. The van der Waals surface area contributed by atoms with Crippen LogP contribution in [-0.2, 0) is 5.66 Å². The molecule has 3 aromatic carbocycles. The number of amides is 1. The third kappa shape index (κ3) is 1.92. The number of carbonyl (C=O) groups is 1. The van der Waals surface area contributed by atoms with Gasteiger partial charge in [-0.25, -0.2) is 0 Å². The highest BCUT2D eigenvalue weighted by atomic mass is 35.5. The number of fused-ring (bicyclic) bond motifs is 3. The van der Waals surface area contributed by atoms with Crippen LogP contribution >= 0.6 is 11.6 Å². The third-order valence-electron chi connectivity index (χ3n) is 5.42. The lowest BCUT2D eigenvalue weighted by Crippen LogP contribution is -2.49. The van der Waals surface area contributed by atoms with Crippen LogP contribution in [-0.4, -0.2) is 23.9 Å². The highest BCUT2D eigenvalue weighted by molar-refractivity contribution is 6.30. The van der Waals surface area contributed by atoms with E-state index in [0.717, 1.165) is 28.9 Å². The molecule has 0 N–H and O–H groups in total. The van der Waals surface area contributed by atoms with Crippen molar-refractivity contribution in [2.75, 3.05) is 18.0 Å². The Hall–Kier alpha value is -2.78. The van der Waals surface area contributed by atoms with Gasteiger partial charge in [-0.3, -0.25) is 4.79 Å². The van der Waals surface area contributed by atoms with E-state index in [9.17, 15) is 4.79 Å². The minimum absolute atomic E-state index is 0.0916. The Morgan fingerprint density at radius 3 is 2.19 bits per heavy atom. The van der Waals surface area contributed by atoms with Crippen LogP contribution in [0.3, 0.4) is 0 Å². The van der Waals surface area contributed by atoms with E-state index in [-0.39, 0.29) is 5.91 Å². The zero-order chi connectivity index (χ0) is 17.7. The lowest BCUT2D eigenvalue weighted by molar-refractivity contribution is 0.0713. The van der Waals surface area contributed by atoms with E-state index in [0.29, 0.717) is 11.6 Å². The average molecular weight is 361 g/mol. The van der Waals surface area contributed by atoms with E-state index >= 15 is 0 Å². The largest absolute Gasteiger partial charge is 0.339 e. The van der Waals surface area contributed by atoms with Crippen molar-refractivity contribution in [3.63, 3.8) is 0 Å². The summed E-state index contributed by atoms with van der Waals surface area (Å²) in [6, 6.07) is 26.1. The van der Waals surface area contributed by atoms with E-state index in [2.05, 4.69) is 23.1 Å². The van der Waals surface area contributed by atoms with Gasteiger partial charge in [-0.1, -0.05) is 60.1 Å². The molecule has 26 heavy (non-hydrogen) atoms. The minimum Gasteiger partial charge on any atom is -0.339 e. The zero-order valence-electron chi connectivity index (χ0n) is 14.1. The number of hydrogen-bond donors (Lipinski definition) is 0. The summed E-state index contributed by atoms with van der Waals surface area (Å²) in [7, 11) is 0. The van der Waals surface area contributed by atoms with Crippen LogP contribution in [0.2, 0.25) is 5.02 Å². The number of nitrogens with zero attached hydrogens (tertiary/aromatic N) is 2. The van der Waals surface area contributed by atoms with Gasteiger partial charge in [0.2, 0.25) is 0 Å². The van der Waals surface area contributed by atoms with Crippen LogP contribution in [0.5, 0.6) is 0 Å². The first-order valence-corrected chi connectivity index (χ1v) is 9.11. The standard InChI is InChI=1S/C22H17ClN2O/c23-17-12-10-16(11-13-17)22-20-9-5-4-8-19(20)21(26)25(22)15-14-24(22)18-6-2-1-3-7-18/h1-13H,14-15H2. The molecule has 128 valence electrons. The van der Waals surface area contributed by atoms with Crippen molar-refractivity contribution < 1.29 is 4.79 Å². The molecular weight excluding hydrogens is 344 g/mol. The van der Waals surface area contributed by atoms with E-state index < -0.39 is 5.66 Å². The first-order chi connectivity index (χ1) is 12.7. The van der Waals surface area contributed by atoms with Gasteiger partial charge in [0.05, 0.1) is 0 Å². The molecule has 1 saturated heterocycles. The number of halogens is 1. The molecule has 1 unspecified atom stereocenters. The van der Waals surface area contributed by atoms with Crippen molar-refractivity contribution in [2.45, 2.75) is 5.66 Å². The fourth-order valence-corrected chi connectivity index (χ4v) is 4.53. The Labute approximate surface area is 157 Å². The van der Waals surface area contributed by atoms with Gasteiger partial charge in [0.25, 0.3) is 5.91 Å². The Morgan fingerprint density at radius 1 is 0.769 bits per heavy atom. The predicted octanol–water partition coefficient (Wildman–Crippen LogP) is 4.52. The van der Waals surface area contributed by atoms with Crippen LogP contribution in [0.1, 0.15) is 21.5 Å². The monoisotopic (exact) mass is 360 g/mol. The van der Waals surface area contributed by atoms with Crippen LogP contribution in [0.25, 0.3) is 0 Å².